The van der Waals surface area contributed by atoms with E-state index in [0.29, 0.717) is 12.2 Å². The molecular weight excluding hydrogens is 328 g/mol. The van der Waals surface area contributed by atoms with Crippen LogP contribution in [-0.4, -0.2) is 12.6 Å². The maximum Gasteiger partial charge on any atom is 0.339 e. The average molecular weight is 347 g/mol. The van der Waals surface area contributed by atoms with Gasteiger partial charge < -0.3 is 4.74 Å². The third-order valence-electron chi connectivity index (χ3n) is 3.35. The predicted molar refractivity (Wildman–Crippen MR) is 88.5 cm³/mol. The first-order chi connectivity index (χ1) is 10.2. The molecule has 0 saturated carbocycles. The Kier molecular flexibility index (Phi) is 6.00. The van der Waals surface area contributed by atoms with E-state index in [1.165, 1.54) is 5.56 Å². The summed E-state index contributed by atoms with van der Waals surface area (Å²) in [6.45, 7) is 2.42. The summed E-state index contributed by atoms with van der Waals surface area (Å²) in [6.07, 6.45) is 2.92. The Morgan fingerprint density at radius 2 is 1.81 bits per heavy atom. The van der Waals surface area contributed by atoms with E-state index in [2.05, 4.69) is 28.1 Å². The summed E-state index contributed by atoms with van der Waals surface area (Å²) >= 11 is 3.43. The van der Waals surface area contributed by atoms with Gasteiger partial charge in [0.1, 0.15) is 0 Å². The van der Waals surface area contributed by atoms with Crippen LogP contribution in [0, 0.1) is 6.92 Å². The van der Waals surface area contributed by atoms with Gasteiger partial charge in [-0.1, -0.05) is 42.5 Å². The summed E-state index contributed by atoms with van der Waals surface area (Å²) in [6, 6.07) is 16.0. The molecule has 2 aromatic carbocycles. The van der Waals surface area contributed by atoms with Crippen molar-refractivity contribution in [2.24, 2.45) is 0 Å². The van der Waals surface area contributed by atoms with Crippen molar-refractivity contribution in [3.05, 3.63) is 69.7 Å². The molecule has 0 aliphatic heterocycles. The number of hydrogen-bond donors (Lipinski definition) is 0. The Labute approximate surface area is 134 Å². The minimum atomic E-state index is -0.259. The number of ether oxygens (including phenoxy) is 1. The van der Waals surface area contributed by atoms with E-state index in [1.54, 1.807) is 6.07 Å². The van der Waals surface area contributed by atoms with Crippen LogP contribution in [0.1, 0.15) is 34.3 Å². The van der Waals surface area contributed by atoms with Crippen LogP contribution < -0.4 is 0 Å². The number of carbonyl (C=O) groups is 1. The van der Waals surface area contributed by atoms with Gasteiger partial charge in [-0.25, -0.2) is 4.79 Å². The minimum absolute atomic E-state index is 0.259. The molecule has 0 spiro atoms. The molecule has 0 aromatic heterocycles. The highest BCUT2D eigenvalue weighted by Gasteiger charge is 2.12. The predicted octanol–water partition coefficient (Wildman–Crippen LogP) is 4.94. The summed E-state index contributed by atoms with van der Waals surface area (Å²) in [5.74, 6) is -0.259. The average Bonchev–Trinajstić information content (AvgIpc) is 2.50. The van der Waals surface area contributed by atoms with Gasteiger partial charge in [-0.05, 0) is 59.3 Å². The fourth-order valence-corrected chi connectivity index (χ4v) is 2.55. The van der Waals surface area contributed by atoms with Crippen LogP contribution >= 0.6 is 15.9 Å². The SMILES string of the molecule is Cc1cccc(C(=O)OCCCCc2ccccc2)c1Br. The first-order valence-corrected chi connectivity index (χ1v) is 7.94. The number of benzene rings is 2. The highest BCUT2D eigenvalue weighted by atomic mass is 79.9. The van der Waals surface area contributed by atoms with Crippen molar-refractivity contribution >= 4 is 21.9 Å². The lowest BCUT2D eigenvalue weighted by Crippen LogP contribution is -2.08. The quantitative estimate of drug-likeness (QED) is 0.547. The van der Waals surface area contributed by atoms with E-state index >= 15 is 0 Å². The lowest BCUT2D eigenvalue weighted by atomic mass is 10.1. The molecule has 2 nitrogen and oxygen atoms in total. The molecular formula is C18H19BrO2. The first kappa shape index (κ1) is 15.8. The lowest BCUT2D eigenvalue weighted by molar-refractivity contribution is 0.0497. The molecule has 110 valence electrons. The van der Waals surface area contributed by atoms with Gasteiger partial charge in [0.15, 0.2) is 0 Å². The van der Waals surface area contributed by atoms with Crippen molar-refractivity contribution in [1.29, 1.82) is 0 Å². The summed E-state index contributed by atoms with van der Waals surface area (Å²) in [7, 11) is 0. The number of halogens is 1. The summed E-state index contributed by atoms with van der Waals surface area (Å²) < 4.78 is 6.15. The molecule has 0 atom stereocenters. The van der Waals surface area contributed by atoms with Gasteiger partial charge in [0.2, 0.25) is 0 Å². The molecule has 21 heavy (non-hydrogen) atoms. The normalized spacial score (nSPS) is 10.4. The second-order valence-electron chi connectivity index (χ2n) is 5.02. The van der Waals surface area contributed by atoms with Crippen LogP contribution in [0.25, 0.3) is 0 Å². The van der Waals surface area contributed by atoms with Gasteiger partial charge in [-0.2, -0.15) is 0 Å². The molecule has 0 aliphatic carbocycles. The van der Waals surface area contributed by atoms with Crippen molar-refractivity contribution in [3.63, 3.8) is 0 Å². The zero-order valence-corrected chi connectivity index (χ0v) is 13.7. The van der Waals surface area contributed by atoms with E-state index in [1.807, 2.05) is 37.3 Å². The van der Waals surface area contributed by atoms with Crippen LogP contribution in [0.3, 0.4) is 0 Å². The van der Waals surface area contributed by atoms with Crippen LogP contribution in [-0.2, 0) is 11.2 Å². The van der Waals surface area contributed by atoms with E-state index in [-0.39, 0.29) is 5.97 Å². The molecule has 0 heterocycles. The number of aryl methyl sites for hydroxylation is 2. The Morgan fingerprint density at radius 1 is 1.05 bits per heavy atom. The molecule has 0 aliphatic rings. The molecule has 2 aromatic rings. The fourth-order valence-electron chi connectivity index (χ4n) is 2.12. The van der Waals surface area contributed by atoms with Gasteiger partial charge in [0, 0.05) is 4.47 Å². The molecule has 0 radical (unpaired) electrons. The van der Waals surface area contributed by atoms with Gasteiger partial charge in [0.05, 0.1) is 12.2 Å². The van der Waals surface area contributed by atoms with Gasteiger partial charge >= 0.3 is 5.97 Å². The Balaban J connectivity index is 1.73. The van der Waals surface area contributed by atoms with Crippen LogP contribution in [0.4, 0.5) is 0 Å². The molecule has 0 amide bonds. The monoisotopic (exact) mass is 346 g/mol. The van der Waals surface area contributed by atoms with E-state index in [4.69, 9.17) is 4.74 Å². The van der Waals surface area contributed by atoms with Crippen molar-refractivity contribution in [2.45, 2.75) is 26.2 Å². The maximum absolute atomic E-state index is 12.0. The molecule has 0 unspecified atom stereocenters. The fraction of sp³-hybridized carbons (Fsp3) is 0.278. The highest BCUT2D eigenvalue weighted by Crippen LogP contribution is 2.21. The summed E-state index contributed by atoms with van der Waals surface area (Å²) in [4.78, 5) is 12.0. The van der Waals surface area contributed by atoms with Crippen molar-refractivity contribution in [3.8, 4) is 0 Å². The maximum atomic E-state index is 12.0. The van der Waals surface area contributed by atoms with Crippen molar-refractivity contribution in [1.82, 2.24) is 0 Å². The number of hydrogen-bond acceptors (Lipinski definition) is 2. The van der Waals surface area contributed by atoms with Gasteiger partial charge in [-0.15, -0.1) is 0 Å². The van der Waals surface area contributed by atoms with E-state index in [9.17, 15) is 4.79 Å². The smallest absolute Gasteiger partial charge is 0.339 e. The van der Waals surface area contributed by atoms with Gasteiger partial charge in [0.25, 0.3) is 0 Å². The van der Waals surface area contributed by atoms with Crippen molar-refractivity contribution in [2.75, 3.05) is 6.61 Å². The molecule has 0 bridgehead atoms. The third kappa shape index (κ3) is 4.71. The number of esters is 1. The zero-order valence-electron chi connectivity index (χ0n) is 12.1. The minimum Gasteiger partial charge on any atom is -0.462 e. The number of rotatable bonds is 6. The second-order valence-corrected chi connectivity index (χ2v) is 5.81. The second kappa shape index (κ2) is 7.99. The molecule has 2 rings (SSSR count). The summed E-state index contributed by atoms with van der Waals surface area (Å²) in [5, 5.41) is 0. The highest BCUT2D eigenvalue weighted by molar-refractivity contribution is 9.10. The molecule has 3 heteroatoms. The summed E-state index contributed by atoms with van der Waals surface area (Å²) in [5.41, 5.74) is 2.96. The Morgan fingerprint density at radius 3 is 2.57 bits per heavy atom. The number of carbonyl (C=O) groups excluding carboxylic acids is 1. The van der Waals surface area contributed by atoms with Crippen LogP contribution in [0.5, 0.6) is 0 Å². The molecule has 0 saturated heterocycles. The van der Waals surface area contributed by atoms with Crippen LogP contribution in [0.2, 0.25) is 0 Å². The zero-order chi connectivity index (χ0) is 15.1. The van der Waals surface area contributed by atoms with E-state index < -0.39 is 0 Å². The van der Waals surface area contributed by atoms with Gasteiger partial charge in [-0.3, -0.25) is 0 Å². The van der Waals surface area contributed by atoms with E-state index in [0.717, 1.165) is 29.3 Å². The van der Waals surface area contributed by atoms with Crippen LogP contribution in [0.15, 0.2) is 53.0 Å². The third-order valence-corrected chi connectivity index (χ3v) is 4.40. The standard InChI is InChI=1S/C18H19BrO2/c1-14-8-7-12-16(17(14)19)18(20)21-13-6-5-11-15-9-3-2-4-10-15/h2-4,7-10,12H,5-6,11,13H2,1H3. The Hall–Kier alpha value is -1.61. The first-order valence-electron chi connectivity index (χ1n) is 7.14. The lowest BCUT2D eigenvalue weighted by Gasteiger charge is -2.08. The Bertz CT molecular complexity index is 593. The largest absolute Gasteiger partial charge is 0.462 e. The number of unbranched alkanes of at least 4 members (excludes halogenated alkanes) is 1. The topological polar surface area (TPSA) is 26.3 Å². The molecule has 0 N–H and O–H groups in total. The molecule has 0 fully saturated rings. The van der Waals surface area contributed by atoms with Crippen molar-refractivity contribution < 1.29 is 9.53 Å².